The van der Waals surface area contributed by atoms with Crippen LogP contribution in [0.5, 0.6) is 0 Å². The molecule has 0 saturated carbocycles. The molecule has 1 aromatic carbocycles. The number of aryl methyl sites for hydroxylation is 1. The lowest BCUT2D eigenvalue weighted by molar-refractivity contribution is -0.174. The second kappa shape index (κ2) is 11.3. The molecule has 0 unspecified atom stereocenters. The standard InChI is InChI=1S/C21H31F3N4O3/c1-15(2)19(29)25-17-6-5-16(3)18(13-17)26-20(30)28-10-8-27(9-11-28)7-4-12-31-14-21(22,23)24/h5-6,13,15H,4,7-12,14H2,1-3H3,(H,25,29)(H,26,30). The first kappa shape index (κ1) is 24.9. The summed E-state index contributed by atoms with van der Waals surface area (Å²) in [5.74, 6) is -0.243. The Labute approximate surface area is 180 Å². The second-order valence-corrected chi connectivity index (χ2v) is 7.95. The summed E-state index contributed by atoms with van der Waals surface area (Å²) in [5.41, 5.74) is 2.14. The SMILES string of the molecule is Cc1ccc(NC(=O)C(C)C)cc1NC(=O)N1CCN(CCCOCC(F)(F)F)CC1. The molecule has 0 spiro atoms. The van der Waals surface area contributed by atoms with Gasteiger partial charge >= 0.3 is 12.2 Å². The average molecular weight is 444 g/mol. The van der Waals surface area contributed by atoms with Gasteiger partial charge in [0.15, 0.2) is 0 Å². The quantitative estimate of drug-likeness (QED) is 0.600. The van der Waals surface area contributed by atoms with E-state index in [1.807, 2.05) is 13.0 Å². The minimum absolute atomic E-state index is 0.0587. The highest BCUT2D eigenvalue weighted by molar-refractivity contribution is 5.94. The first-order valence-electron chi connectivity index (χ1n) is 10.4. The minimum Gasteiger partial charge on any atom is -0.372 e. The van der Waals surface area contributed by atoms with Crippen molar-refractivity contribution in [3.8, 4) is 0 Å². The van der Waals surface area contributed by atoms with E-state index in [1.54, 1.807) is 30.9 Å². The van der Waals surface area contributed by atoms with Gasteiger partial charge in [-0.1, -0.05) is 19.9 Å². The summed E-state index contributed by atoms with van der Waals surface area (Å²) in [4.78, 5) is 28.3. The topological polar surface area (TPSA) is 73.9 Å². The summed E-state index contributed by atoms with van der Waals surface area (Å²) < 4.78 is 40.8. The van der Waals surface area contributed by atoms with Crippen molar-refractivity contribution in [3.63, 3.8) is 0 Å². The second-order valence-electron chi connectivity index (χ2n) is 7.95. The van der Waals surface area contributed by atoms with Gasteiger partial charge in [0.1, 0.15) is 6.61 Å². The molecular formula is C21H31F3N4O3. The highest BCUT2D eigenvalue weighted by Crippen LogP contribution is 2.21. The predicted octanol–water partition coefficient (Wildman–Crippen LogP) is 3.71. The number of alkyl halides is 3. The number of ether oxygens (including phenoxy) is 1. The first-order chi connectivity index (χ1) is 14.5. The first-order valence-corrected chi connectivity index (χ1v) is 10.4. The number of nitrogens with zero attached hydrogens (tertiary/aromatic N) is 2. The van der Waals surface area contributed by atoms with E-state index in [4.69, 9.17) is 0 Å². The number of benzene rings is 1. The molecule has 1 aliphatic rings. The molecule has 1 saturated heterocycles. The van der Waals surface area contributed by atoms with E-state index < -0.39 is 12.8 Å². The van der Waals surface area contributed by atoms with E-state index in [9.17, 15) is 22.8 Å². The number of amides is 3. The molecule has 0 aliphatic carbocycles. The molecular weight excluding hydrogens is 413 g/mol. The summed E-state index contributed by atoms with van der Waals surface area (Å²) >= 11 is 0. The van der Waals surface area contributed by atoms with Gasteiger partial charge in [0.25, 0.3) is 0 Å². The lowest BCUT2D eigenvalue weighted by Gasteiger charge is -2.34. The monoisotopic (exact) mass is 444 g/mol. The Morgan fingerprint density at radius 1 is 1.13 bits per heavy atom. The third kappa shape index (κ3) is 8.74. The van der Waals surface area contributed by atoms with E-state index in [0.717, 1.165) is 5.56 Å². The normalized spacial score (nSPS) is 15.3. The van der Waals surface area contributed by atoms with E-state index in [1.165, 1.54) is 0 Å². The summed E-state index contributed by atoms with van der Waals surface area (Å²) in [6.45, 7) is 7.31. The van der Waals surface area contributed by atoms with Gasteiger partial charge in [-0.3, -0.25) is 9.69 Å². The Morgan fingerprint density at radius 3 is 2.42 bits per heavy atom. The summed E-state index contributed by atoms with van der Waals surface area (Å²) in [5, 5.41) is 5.72. The molecule has 0 radical (unpaired) electrons. The van der Waals surface area contributed by atoms with Crippen molar-refractivity contribution in [1.29, 1.82) is 0 Å². The van der Waals surface area contributed by atoms with Crippen molar-refractivity contribution in [3.05, 3.63) is 23.8 Å². The third-order valence-electron chi connectivity index (χ3n) is 4.96. The average Bonchev–Trinajstić information content (AvgIpc) is 2.69. The molecule has 1 heterocycles. The lowest BCUT2D eigenvalue weighted by atomic mass is 10.1. The number of halogens is 3. The number of rotatable bonds is 8. The molecule has 10 heteroatoms. The van der Waals surface area contributed by atoms with E-state index >= 15 is 0 Å². The molecule has 7 nitrogen and oxygen atoms in total. The van der Waals surface area contributed by atoms with Crippen molar-refractivity contribution < 1.29 is 27.5 Å². The zero-order valence-corrected chi connectivity index (χ0v) is 18.2. The van der Waals surface area contributed by atoms with Crippen LogP contribution < -0.4 is 10.6 Å². The van der Waals surface area contributed by atoms with Crippen molar-refractivity contribution in [2.75, 3.05) is 56.6 Å². The molecule has 2 N–H and O–H groups in total. The highest BCUT2D eigenvalue weighted by atomic mass is 19.4. The number of carbonyl (C=O) groups excluding carboxylic acids is 2. The molecule has 3 amide bonds. The molecule has 0 aromatic heterocycles. The number of hydrogen-bond acceptors (Lipinski definition) is 4. The molecule has 2 rings (SSSR count). The van der Waals surface area contributed by atoms with Gasteiger partial charge in [0, 0.05) is 56.6 Å². The zero-order valence-electron chi connectivity index (χ0n) is 18.2. The Kier molecular flexibility index (Phi) is 9.12. The fourth-order valence-electron chi connectivity index (χ4n) is 3.07. The van der Waals surface area contributed by atoms with Crippen LogP contribution in [0.2, 0.25) is 0 Å². The van der Waals surface area contributed by atoms with Crippen LogP contribution in [0.25, 0.3) is 0 Å². The molecule has 1 aromatic rings. The van der Waals surface area contributed by atoms with Crippen LogP contribution >= 0.6 is 0 Å². The summed E-state index contributed by atoms with van der Waals surface area (Å²) in [7, 11) is 0. The molecule has 0 bridgehead atoms. The smallest absolute Gasteiger partial charge is 0.372 e. The molecule has 174 valence electrons. The molecule has 0 atom stereocenters. The van der Waals surface area contributed by atoms with Crippen molar-refractivity contribution >= 4 is 23.3 Å². The fraction of sp³-hybridized carbons (Fsp3) is 0.619. The van der Waals surface area contributed by atoms with E-state index in [2.05, 4.69) is 20.3 Å². The van der Waals surface area contributed by atoms with Crippen LogP contribution in [0.15, 0.2) is 18.2 Å². The number of piperazine rings is 1. The molecule has 1 aliphatic heterocycles. The van der Waals surface area contributed by atoms with Crippen LogP contribution in [0.1, 0.15) is 25.8 Å². The maximum absolute atomic E-state index is 12.6. The molecule has 1 fully saturated rings. The van der Waals surface area contributed by atoms with Gasteiger partial charge in [0.2, 0.25) is 5.91 Å². The van der Waals surface area contributed by atoms with Crippen LogP contribution in [0.3, 0.4) is 0 Å². The van der Waals surface area contributed by atoms with E-state index in [-0.39, 0.29) is 24.5 Å². The number of urea groups is 1. The van der Waals surface area contributed by atoms with Crippen molar-refractivity contribution in [2.45, 2.75) is 33.4 Å². The van der Waals surface area contributed by atoms with Crippen LogP contribution in [-0.4, -0.2) is 73.9 Å². The van der Waals surface area contributed by atoms with Crippen molar-refractivity contribution in [1.82, 2.24) is 9.80 Å². The van der Waals surface area contributed by atoms with Crippen LogP contribution in [-0.2, 0) is 9.53 Å². The number of hydrogen-bond donors (Lipinski definition) is 2. The molecule has 31 heavy (non-hydrogen) atoms. The van der Waals surface area contributed by atoms with Crippen LogP contribution in [0.4, 0.5) is 29.3 Å². The minimum atomic E-state index is -4.29. The lowest BCUT2D eigenvalue weighted by Crippen LogP contribution is -2.50. The Morgan fingerprint density at radius 2 is 1.81 bits per heavy atom. The Bertz CT molecular complexity index is 748. The number of nitrogens with one attached hydrogen (secondary N) is 2. The summed E-state index contributed by atoms with van der Waals surface area (Å²) in [6, 6.07) is 5.15. The van der Waals surface area contributed by atoms with Crippen molar-refractivity contribution in [2.24, 2.45) is 5.92 Å². The van der Waals surface area contributed by atoms with Gasteiger partial charge < -0.3 is 20.3 Å². The van der Waals surface area contributed by atoms with Gasteiger partial charge in [-0.15, -0.1) is 0 Å². The summed E-state index contributed by atoms with van der Waals surface area (Å²) in [6.07, 6.45) is -3.78. The number of anilines is 2. The van der Waals surface area contributed by atoms with Crippen LogP contribution in [0, 0.1) is 12.8 Å². The van der Waals surface area contributed by atoms with Gasteiger partial charge in [-0.25, -0.2) is 4.79 Å². The largest absolute Gasteiger partial charge is 0.411 e. The Hall–Kier alpha value is -2.33. The maximum atomic E-state index is 12.6. The van der Waals surface area contributed by atoms with E-state index in [0.29, 0.717) is 50.5 Å². The zero-order chi connectivity index (χ0) is 23.0. The third-order valence-corrected chi connectivity index (χ3v) is 4.96. The maximum Gasteiger partial charge on any atom is 0.411 e. The fourth-order valence-corrected chi connectivity index (χ4v) is 3.07. The Balaban J connectivity index is 1.77. The number of carbonyl (C=O) groups is 2. The predicted molar refractivity (Wildman–Crippen MR) is 113 cm³/mol. The highest BCUT2D eigenvalue weighted by Gasteiger charge is 2.27. The van der Waals surface area contributed by atoms with Gasteiger partial charge in [0.05, 0.1) is 0 Å². The van der Waals surface area contributed by atoms with Gasteiger partial charge in [-0.2, -0.15) is 13.2 Å². The van der Waals surface area contributed by atoms with Gasteiger partial charge in [-0.05, 0) is 31.0 Å².